The highest BCUT2D eigenvalue weighted by atomic mass is 32.1. The number of aromatic amines is 1. The Bertz CT molecular complexity index is 1210. The zero-order valence-corrected chi connectivity index (χ0v) is 16.0. The molecule has 1 heterocycles. The summed E-state index contributed by atoms with van der Waals surface area (Å²) in [5.41, 5.74) is 1.38. The summed E-state index contributed by atoms with van der Waals surface area (Å²) in [5, 5.41) is 11.9. The number of carbonyl (C=O) groups is 1. The number of ether oxygens (including phenoxy) is 1. The number of aromatic nitrogens is 3. The molecule has 0 aliphatic heterocycles. The van der Waals surface area contributed by atoms with Crippen molar-refractivity contribution in [2.45, 2.75) is 6.54 Å². The lowest BCUT2D eigenvalue weighted by molar-refractivity contribution is 0.0951. The number of fused-ring (bicyclic) bond motifs is 1. The fraction of sp³-hybridized carbons (Fsp3) is 0.0952. The predicted octanol–water partition coefficient (Wildman–Crippen LogP) is 4.02. The molecule has 0 saturated carbocycles. The summed E-state index contributed by atoms with van der Waals surface area (Å²) in [6, 6.07) is 21.0. The minimum Gasteiger partial charge on any atom is -0.495 e. The number of rotatable bonds is 5. The van der Waals surface area contributed by atoms with Crippen LogP contribution in [0.2, 0.25) is 0 Å². The number of H-pyrrole nitrogens is 1. The van der Waals surface area contributed by atoms with Crippen molar-refractivity contribution in [3.05, 3.63) is 82.9 Å². The smallest absolute Gasteiger partial charge is 0.252 e. The van der Waals surface area contributed by atoms with Gasteiger partial charge in [-0.25, -0.2) is 0 Å². The number of hydrogen-bond donors (Lipinski definition) is 2. The van der Waals surface area contributed by atoms with Crippen LogP contribution >= 0.6 is 12.2 Å². The number of methoxy groups -OCH3 is 1. The van der Waals surface area contributed by atoms with Crippen molar-refractivity contribution in [1.29, 1.82) is 0 Å². The molecule has 1 amide bonds. The average Bonchev–Trinajstić information content (AvgIpc) is 3.11. The third-order valence-corrected chi connectivity index (χ3v) is 4.78. The van der Waals surface area contributed by atoms with Gasteiger partial charge in [-0.15, -0.1) is 0 Å². The fourth-order valence-electron chi connectivity index (χ4n) is 3.19. The molecule has 0 radical (unpaired) electrons. The molecule has 0 fully saturated rings. The van der Waals surface area contributed by atoms with E-state index >= 15 is 0 Å². The van der Waals surface area contributed by atoms with Gasteiger partial charge in [-0.2, -0.15) is 5.10 Å². The number of nitrogens with zero attached hydrogens (tertiary/aromatic N) is 2. The minimum absolute atomic E-state index is 0.169. The van der Waals surface area contributed by atoms with Crippen molar-refractivity contribution >= 4 is 28.9 Å². The first-order valence-corrected chi connectivity index (χ1v) is 9.15. The van der Waals surface area contributed by atoms with E-state index in [2.05, 4.69) is 15.5 Å². The van der Waals surface area contributed by atoms with E-state index in [-0.39, 0.29) is 12.5 Å². The van der Waals surface area contributed by atoms with Gasteiger partial charge in [-0.1, -0.05) is 48.5 Å². The van der Waals surface area contributed by atoms with Crippen molar-refractivity contribution < 1.29 is 9.53 Å². The number of para-hydroxylation sites is 2. The first-order chi connectivity index (χ1) is 13.7. The van der Waals surface area contributed by atoms with Crippen LogP contribution in [0.5, 0.6) is 5.75 Å². The summed E-state index contributed by atoms with van der Waals surface area (Å²) in [7, 11) is 1.60. The van der Waals surface area contributed by atoms with Crippen LogP contribution in [0.25, 0.3) is 16.5 Å². The fourth-order valence-corrected chi connectivity index (χ4v) is 3.44. The molecule has 4 rings (SSSR count). The molecule has 0 spiro atoms. The summed E-state index contributed by atoms with van der Waals surface area (Å²) in [5.74, 6) is 1.09. The van der Waals surface area contributed by atoms with E-state index in [0.29, 0.717) is 21.9 Å². The standard InChI is InChI=1S/C21H18N4O2S/c1-27-18-12-5-4-11-17(18)25-19(23-24-21(25)28)13-22-20(26)16-10-6-8-14-7-2-3-9-15(14)16/h2-12H,13H2,1H3,(H,22,26)(H,24,28). The summed E-state index contributed by atoms with van der Waals surface area (Å²) in [4.78, 5) is 12.8. The molecule has 0 atom stereocenters. The third-order valence-electron chi connectivity index (χ3n) is 4.51. The van der Waals surface area contributed by atoms with Gasteiger partial charge in [0.15, 0.2) is 10.6 Å². The lowest BCUT2D eigenvalue weighted by Crippen LogP contribution is -2.25. The number of amides is 1. The molecule has 0 unspecified atom stereocenters. The van der Waals surface area contributed by atoms with Crippen LogP contribution in [-0.4, -0.2) is 27.8 Å². The Labute approximate surface area is 166 Å². The maximum absolute atomic E-state index is 12.8. The molecule has 7 heteroatoms. The highest BCUT2D eigenvalue weighted by Crippen LogP contribution is 2.23. The van der Waals surface area contributed by atoms with E-state index in [9.17, 15) is 4.79 Å². The molecule has 0 saturated heterocycles. The van der Waals surface area contributed by atoms with E-state index in [4.69, 9.17) is 17.0 Å². The minimum atomic E-state index is -0.169. The molecule has 0 bridgehead atoms. The Balaban J connectivity index is 1.63. The van der Waals surface area contributed by atoms with Crippen LogP contribution in [0.1, 0.15) is 16.2 Å². The Hall–Kier alpha value is -3.45. The normalized spacial score (nSPS) is 10.8. The molecule has 0 aliphatic rings. The number of nitrogens with one attached hydrogen (secondary N) is 2. The van der Waals surface area contributed by atoms with Gasteiger partial charge in [0.1, 0.15) is 5.75 Å². The maximum atomic E-state index is 12.8. The Morgan fingerprint density at radius 1 is 1.11 bits per heavy atom. The van der Waals surface area contributed by atoms with E-state index in [1.54, 1.807) is 11.7 Å². The van der Waals surface area contributed by atoms with E-state index in [1.165, 1.54) is 0 Å². The Morgan fingerprint density at radius 3 is 2.71 bits per heavy atom. The molecule has 28 heavy (non-hydrogen) atoms. The Kier molecular flexibility index (Phi) is 4.90. The predicted molar refractivity (Wildman–Crippen MR) is 110 cm³/mol. The van der Waals surface area contributed by atoms with Gasteiger partial charge < -0.3 is 10.1 Å². The highest BCUT2D eigenvalue weighted by Gasteiger charge is 2.15. The largest absolute Gasteiger partial charge is 0.495 e. The molecule has 0 aliphatic carbocycles. The second kappa shape index (κ2) is 7.66. The van der Waals surface area contributed by atoms with Crippen molar-refractivity contribution in [3.8, 4) is 11.4 Å². The SMILES string of the molecule is COc1ccccc1-n1c(CNC(=O)c2cccc3ccccc23)n[nH]c1=S. The van der Waals surface area contributed by atoms with Gasteiger partial charge >= 0.3 is 0 Å². The quantitative estimate of drug-likeness (QED) is 0.505. The van der Waals surface area contributed by atoms with Gasteiger partial charge in [0.2, 0.25) is 0 Å². The zero-order chi connectivity index (χ0) is 19.5. The van der Waals surface area contributed by atoms with Crippen LogP contribution in [0.3, 0.4) is 0 Å². The number of carbonyl (C=O) groups excluding carboxylic acids is 1. The first kappa shape index (κ1) is 17.9. The third kappa shape index (κ3) is 3.27. The van der Waals surface area contributed by atoms with E-state index in [1.807, 2.05) is 66.7 Å². The van der Waals surface area contributed by atoms with Gasteiger partial charge in [0.05, 0.1) is 19.3 Å². The van der Waals surface area contributed by atoms with Crippen LogP contribution < -0.4 is 10.1 Å². The first-order valence-electron chi connectivity index (χ1n) is 8.74. The average molecular weight is 390 g/mol. The van der Waals surface area contributed by atoms with Crippen LogP contribution in [-0.2, 0) is 6.54 Å². The molecule has 2 N–H and O–H groups in total. The monoisotopic (exact) mass is 390 g/mol. The maximum Gasteiger partial charge on any atom is 0.252 e. The van der Waals surface area contributed by atoms with Crippen LogP contribution in [0.4, 0.5) is 0 Å². The molecular weight excluding hydrogens is 372 g/mol. The summed E-state index contributed by atoms with van der Waals surface area (Å²) < 4.78 is 7.62. The highest BCUT2D eigenvalue weighted by molar-refractivity contribution is 7.71. The summed E-state index contributed by atoms with van der Waals surface area (Å²) in [6.07, 6.45) is 0. The summed E-state index contributed by atoms with van der Waals surface area (Å²) >= 11 is 5.38. The van der Waals surface area contributed by atoms with Gasteiger partial charge in [-0.3, -0.25) is 14.5 Å². The molecule has 1 aromatic heterocycles. The molecule has 140 valence electrons. The molecule has 6 nitrogen and oxygen atoms in total. The van der Waals surface area contributed by atoms with Crippen LogP contribution in [0, 0.1) is 4.77 Å². The van der Waals surface area contributed by atoms with Crippen molar-refractivity contribution in [2.75, 3.05) is 7.11 Å². The topological polar surface area (TPSA) is 71.9 Å². The zero-order valence-electron chi connectivity index (χ0n) is 15.2. The van der Waals surface area contributed by atoms with Crippen molar-refractivity contribution in [2.24, 2.45) is 0 Å². The molecular formula is C21H18N4O2S. The summed E-state index contributed by atoms with van der Waals surface area (Å²) in [6.45, 7) is 0.216. The van der Waals surface area contributed by atoms with Crippen molar-refractivity contribution in [1.82, 2.24) is 20.1 Å². The van der Waals surface area contributed by atoms with E-state index in [0.717, 1.165) is 16.5 Å². The van der Waals surface area contributed by atoms with Gasteiger partial charge in [-0.05, 0) is 41.2 Å². The van der Waals surface area contributed by atoms with E-state index < -0.39 is 0 Å². The second-order valence-electron chi connectivity index (χ2n) is 6.16. The van der Waals surface area contributed by atoms with Gasteiger partial charge in [0, 0.05) is 5.56 Å². The molecule has 4 aromatic rings. The Morgan fingerprint density at radius 2 is 1.86 bits per heavy atom. The van der Waals surface area contributed by atoms with Crippen molar-refractivity contribution in [3.63, 3.8) is 0 Å². The van der Waals surface area contributed by atoms with Crippen LogP contribution in [0.15, 0.2) is 66.7 Å². The number of hydrogen-bond acceptors (Lipinski definition) is 4. The van der Waals surface area contributed by atoms with Gasteiger partial charge in [0.25, 0.3) is 5.91 Å². The number of benzene rings is 3. The lowest BCUT2D eigenvalue weighted by Gasteiger charge is -2.12. The second-order valence-corrected chi connectivity index (χ2v) is 6.55. The lowest BCUT2D eigenvalue weighted by atomic mass is 10.0. The molecule has 3 aromatic carbocycles.